The standard InChI is InChI=1S/C27H31NO4/c1-30-27(29)7-3-17-28-16-2-5-24(28)20-32-25-14-10-22(11-15-25)19-21-8-12-23(13-9-21)26-6-4-18-31-26/h4,6,8-15,18,24H,2-3,5,7,16-17,19-20H2,1H3/t24-/m1/s1. The number of likely N-dealkylation sites (tertiary alicyclic amines) is 1. The normalized spacial score (nSPS) is 16.2. The molecule has 0 radical (unpaired) electrons. The molecule has 1 saturated heterocycles. The fraction of sp³-hybridized carbons (Fsp3) is 0.370. The molecule has 4 rings (SSSR count). The van der Waals surface area contributed by atoms with Crippen LogP contribution < -0.4 is 4.74 Å². The van der Waals surface area contributed by atoms with Crippen LogP contribution in [0.15, 0.2) is 71.3 Å². The Morgan fingerprint density at radius 3 is 2.50 bits per heavy atom. The Bertz CT molecular complexity index is 964. The van der Waals surface area contributed by atoms with Crippen LogP contribution in [0.2, 0.25) is 0 Å². The molecule has 1 aromatic heterocycles. The molecular formula is C27H31NO4. The summed E-state index contributed by atoms with van der Waals surface area (Å²) in [5, 5.41) is 0. The van der Waals surface area contributed by atoms with Gasteiger partial charge in [-0.2, -0.15) is 0 Å². The van der Waals surface area contributed by atoms with Crippen molar-refractivity contribution in [2.75, 3.05) is 26.8 Å². The smallest absolute Gasteiger partial charge is 0.305 e. The quantitative estimate of drug-likeness (QED) is 0.404. The number of benzene rings is 2. The van der Waals surface area contributed by atoms with E-state index < -0.39 is 0 Å². The molecule has 32 heavy (non-hydrogen) atoms. The summed E-state index contributed by atoms with van der Waals surface area (Å²) in [5.74, 6) is 1.66. The zero-order valence-corrected chi connectivity index (χ0v) is 18.7. The lowest BCUT2D eigenvalue weighted by atomic mass is 10.0. The topological polar surface area (TPSA) is 51.9 Å². The third-order valence-electron chi connectivity index (χ3n) is 6.09. The number of carbonyl (C=O) groups is 1. The molecule has 1 aliphatic rings. The van der Waals surface area contributed by atoms with E-state index in [0.717, 1.165) is 49.4 Å². The van der Waals surface area contributed by atoms with E-state index in [4.69, 9.17) is 13.9 Å². The zero-order chi connectivity index (χ0) is 22.2. The first kappa shape index (κ1) is 22.2. The van der Waals surface area contributed by atoms with Gasteiger partial charge in [-0.05, 0) is 74.2 Å². The van der Waals surface area contributed by atoms with Crippen molar-refractivity contribution in [1.29, 1.82) is 0 Å². The molecule has 0 spiro atoms. The minimum Gasteiger partial charge on any atom is -0.492 e. The third-order valence-corrected chi connectivity index (χ3v) is 6.09. The molecule has 0 aliphatic carbocycles. The van der Waals surface area contributed by atoms with Crippen LogP contribution in [-0.4, -0.2) is 43.7 Å². The Balaban J connectivity index is 1.24. The SMILES string of the molecule is COC(=O)CCCN1CCC[C@@H]1COc1ccc(Cc2ccc(-c3ccco3)cc2)cc1. The second-order valence-corrected chi connectivity index (χ2v) is 8.32. The first-order chi connectivity index (χ1) is 15.7. The Labute approximate surface area is 189 Å². The average Bonchev–Trinajstić information content (AvgIpc) is 3.51. The molecule has 1 aliphatic heterocycles. The van der Waals surface area contributed by atoms with Crippen LogP contribution in [0, 0.1) is 0 Å². The van der Waals surface area contributed by atoms with Crippen LogP contribution in [0.3, 0.4) is 0 Å². The number of ether oxygens (including phenoxy) is 2. The third kappa shape index (κ3) is 6.01. The van der Waals surface area contributed by atoms with Gasteiger partial charge in [-0.1, -0.05) is 36.4 Å². The molecule has 0 N–H and O–H groups in total. The van der Waals surface area contributed by atoms with Gasteiger partial charge in [0.05, 0.1) is 13.4 Å². The van der Waals surface area contributed by atoms with E-state index in [1.807, 2.05) is 12.1 Å². The highest BCUT2D eigenvalue weighted by Gasteiger charge is 2.24. The van der Waals surface area contributed by atoms with E-state index in [9.17, 15) is 4.79 Å². The van der Waals surface area contributed by atoms with Crippen LogP contribution in [0.4, 0.5) is 0 Å². The average molecular weight is 434 g/mol. The van der Waals surface area contributed by atoms with Crippen molar-refractivity contribution >= 4 is 5.97 Å². The summed E-state index contributed by atoms with van der Waals surface area (Å²) in [6.45, 7) is 2.68. The number of esters is 1. The second-order valence-electron chi connectivity index (χ2n) is 8.32. The van der Waals surface area contributed by atoms with Crippen molar-refractivity contribution in [2.45, 2.75) is 38.1 Å². The van der Waals surface area contributed by atoms with Gasteiger partial charge in [-0.25, -0.2) is 0 Å². The van der Waals surface area contributed by atoms with E-state index in [-0.39, 0.29) is 5.97 Å². The van der Waals surface area contributed by atoms with Crippen LogP contribution >= 0.6 is 0 Å². The molecule has 0 bridgehead atoms. The number of carbonyl (C=O) groups excluding carboxylic acids is 1. The summed E-state index contributed by atoms with van der Waals surface area (Å²) >= 11 is 0. The van der Waals surface area contributed by atoms with E-state index in [1.54, 1.807) is 6.26 Å². The van der Waals surface area contributed by atoms with Gasteiger partial charge in [-0.3, -0.25) is 9.69 Å². The molecule has 0 saturated carbocycles. The molecule has 1 fully saturated rings. The number of nitrogens with zero attached hydrogens (tertiary/aromatic N) is 1. The van der Waals surface area contributed by atoms with Crippen LogP contribution in [-0.2, 0) is 16.0 Å². The Hall–Kier alpha value is -3.05. The molecule has 1 atom stereocenters. The van der Waals surface area contributed by atoms with E-state index in [2.05, 4.69) is 53.4 Å². The van der Waals surface area contributed by atoms with Crippen LogP contribution in [0.25, 0.3) is 11.3 Å². The molecule has 0 unspecified atom stereocenters. The van der Waals surface area contributed by atoms with Crippen LogP contribution in [0.5, 0.6) is 5.75 Å². The molecule has 2 heterocycles. The molecular weight excluding hydrogens is 402 g/mol. The van der Waals surface area contributed by atoms with Gasteiger partial charge < -0.3 is 13.9 Å². The summed E-state index contributed by atoms with van der Waals surface area (Å²) in [6, 6.07) is 21.2. The Morgan fingerprint density at radius 2 is 1.81 bits per heavy atom. The summed E-state index contributed by atoms with van der Waals surface area (Å²) in [5.41, 5.74) is 3.62. The van der Waals surface area contributed by atoms with Crippen molar-refractivity contribution < 1.29 is 18.7 Å². The Kier molecular flexibility index (Phi) is 7.62. The number of methoxy groups -OCH3 is 1. The molecule has 3 aromatic rings. The molecule has 5 heteroatoms. The summed E-state index contributed by atoms with van der Waals surface area (Å²) < 4.78 is 16.3. The van der Waals surface area contributed by atoms with Crippen molar-refractivity contribution in [2.24, 2.45) is 0 Å². The van der Waals surface area contributed by atoms with Gasteiger partial charge in [-0.15, -0.1) is 0 Å². The predicted molar refractivity (Wildman–Crippen MR) is 125 cm³/mol. The number of rotatable bonds is 10. The van der Waals surface area contributed by atoms with E-state index in [0.29, 0.717) is 19.1 Å². The first-order valence-electron chi connectivity index (χ1n) is 11.4. The molecule has 0 amide bonds. The summed E-state index contributed by atoms with van der Waals surface area (Å²) in [7, 11) is 1.44. The Morgan fingerprint density at radius 1 is 1.06 bits per heavy atom. The lowest BCUT2D eigenvalue weighted by molar-refractivity contribution is -0.140. The molecule has 5 nitrogen and oxygen atoms in total. The fourth-order valence-corrected chi connectivity index (χ4v) is 4.27. The first-order valence-corrected chi connectivity index (χ1v) is 11.4. The zero-order valence-electron chi connectivity index (χ0n) is 18.7. The highest BCUT2D eigenvalue weighted by Crippen LogP contribution is 2.23. The molecule has 168 valence electrons. The van der Waals surface area contributed by atoms with Gasteiger partial charge >= 0.3 is 5.97 Å². The van der Waals surface area contributed by atoms with Gasteiger partial charge in [0.15, 0.2) is 0 Å². The maximum Gasteiger partial charge on any atom is 0.305 e. The minimum absolute atomic E-state index is 0.134. The van der Waals surface area contributed by atoms with Gasteiger partial charge in [0.2, 0.25) is 0 Å². The van der Waals surface area contributed by atoms with Gasteiger partial charge in [0.25, 0.3) is 0 Å². The maximum atomic E-state index is 11.3. The van der Waals surface area contributed by atoms with Crippen molar-refractivity contribution in [3.8, 4) is 17.1 Å². The van der Waals surface area contributed by atoms with Crippen molar-refractivity contribution in [3.63, 3.8) is 0 Å². The lowest BCUT2D eigenvalue weighted by Crippen LogP contribution is -2.35. The number of hydrogen-bond donors (Lipinski definition) is 0. The van der Waals surface area contributed by atoms with E-state index >= 15 is 0 Å². The highest BCUT2D eigenvalue weighted by atomic mass is 16.5. The lowest BCUT2D eigenvalue weighted by Gasteiger charge is -2.24. The summed E-state index contributed by atoms with van der Waals surface area (Å²) in [6.07, 6.45) is 6.22. The highest BCUT2D eigenvalue weighted by molar-refractivity contribution is 5.69. The van der Waals surface area contributed by atoms with Gasteiger partial charge in [0.1, 0.15) is 18.1 Å². The minimum atomic E-state index is -0.134. The van der Waals surface area contributed by atoms with E-state index in [1.165, 1.54) is 24.7 Å². The van der Waals surface area contributed by atoms with Crippen molar-refractivity contribution in [3.05, 3.63) is 78.1 Å². The monoisotopic (exact) mass is 433 g/mol. The second kappa shape index (κ2) is 11.0. The van der Waals surface area contributed by atoms with Gasteiger partial charge in [0, 0.05) is 18.0 Å². The summed E-state index contributed by atoms with van der Waals surface area (Å²) in [4.78, 5) is 13.7. The largest absolute Gasteiger partial charge is 0.492 e. The maximum absolute atomic E-state index is 11.3. The fourth-order valence-electron chi connectivity index (χ4n) is 4.27. The number of hydrogen-bond acceptors (Lipinski definition) is 5. The molecule has 2 aromatic carbocycles. The number of furan rings is 1. The predicted octanol–water partition coefficient (Wildman–Crippen LogP) is 5.33. The van der Waals surface area contributed by atoms with Crippen LogP contribution in [0.1, 0.15) is 36.8 Å². The van der Waals surface area contributed by atoms with Crippen molar-refractivity contribution in [1.82, 2.24) is 4.90 Å².